The van der Waals surface area contributed by atoms with Gasteiger partial charge < -0.3 is 11.1 Å². The van der Waals surface area contributed by atoms with E-state index in [0.29, 0.717) is 13.1 Å². The van der Waals surface area contributed by atoms with Gasteiger partial charge in [-0.2, -0.15) is 0 Å². The van der Waals surface area contributed by atoms with E-state index in [4.69, 9.17) is 5.73 Å². The van der Waals surface area contributed by atoms with Crippen LogP contribution in [0.3, 0.4) is 0 Å². The van der Waals surface area contributed by atoms with Crippen molar-refractivity contribution in [2.45, 2.75) is 44.3 Å². The fraction of sp³-hybridized carbons (Fsp3) is 0.467. The highest BCUT2D eigenvalue weighted by Crippen LogP contribution is 2.35. The van der Waals surface area contributed by atoms with Crippen LogP contribution in [-0.4, -0.2) is 22.4 Å². The lowest BCUT2D eigenvalue weighted by molar-refractivity contribution is -0.131. The van der Waals surface area contributed by atoms with Gasteiger partial charge in [0.25, 0.3) is 5.91 Å². The van der Waals surface area contributed by atoms with Gasteiger partial charge in [-0.05, 0) is 24.0 Å². The minimum absolute atomic E-state index is 0.0668. The van der Waals surface area contributed by atoms with Crippen molar-refractivity contribution >= 4 is 11.9 Å². The molecule has 1 spiro atoms. The molecule has 0 unspecified atom stereocenters. The molecule has 1 heterocycles. The molecule has 0 atom stereocenters. The highest BCUT2D eigenvalue weighted by molar-refractivity contribution is 6.07. The molecule has 3 rings (SSSR count). The smallest absolute Gasteiger partial charge is 0.325 e. The summed E-state index contributed by atoms with van der Waals surface area (Å²) in [4.78, 5) is 25.9. The summed E-state index contributed by atoms with van der Waals surface area (Å²) < 4.78 is 0. The van der Waals surface area contributed by atoms with Gasteiger partial charge in [-0.3, -0.25) is 9.69 Å². The highest BCUT2D eigenvalue weighted by Gasteiger charge is 2.52. The topological polar surface area (TPSA) is 75.4 Å². The molecule has 1 aliphatic heterocycles. The van der Waals surface area contributed by atoms with Crippen molar-refractivity contribution in [2.24, 2.45) is 5.73 Å². The van der Waals surface area contributed by atoms with Crippen molar-refractivity contribution in [1.29, 1.82) is 0 Å². The second-order valence-corrected chi connectivity index (χ2v) is 5.63. The van der Waals surface area contributed by atoms with E-state index in [0.717, 1.165) is 36.8 Å². The lowest BCUT2D eigenvalue weighted by Crippen LogP contribution is -2.44. The van der Waals surface area contributed by atoms with Crippen LogP contribution in [0.15, 0.2) is 24.3 Å². The molecule has 0 bridgehead atoms. The number of carbonyl (C=O) groups is 2. The quantitative estimate of drug-likeness (QED) is 0.820. The monoisotopic (exact) mass is 273 g/mol. The number of carbonyl (C=O) groups excluding carboxylic acids is 2. The van der Waals surface area contributed by atoms with Crippen molar-refractivity contribution in [3.63, 3.8) is 0 Å². The van der Waals surface area contributed by atoms with E-state index >= 15 is 0 Å². The van der Waals surface area contributed by atoms with Gasteiger partial charge in [0.2, 0.25) is 0 Å². The van der Waals surface area contributed by atoms with Gasteiger partial charge in [0.15, 0.2) is 0 Å². The van der Waals surface area contributed by atoms with Crippen molar-refractivity contribution < 1.29 is 9.59 Å². The second kappa shape index (κ2) is 4.90. The molecule has 106 valence electrons. The fourth-order valence-electron chi connectivity index (χ4n) is 3.10. The summed E-state index contributed by atoms with van der Waals surface area (Å²) >= 11 is 0. The molecule has 1 saturated heterocycles. The molecule has 3 amide bonds. The predicted octanol–water partition coefficient (Wildman–Crippen LogP) is 1.51. The lowest BCUT2D eigenvalue weighted by atomic mass is 9.98. The maximum Gasteiger partial charge on any atom is 0.325 e. The molecule has 2 fully saturated rings. The van der Waals surface area contributed by atoms with E-state index < -0.39 is 5.54 Å². The zero-order valence-electron chi connectivity index (χ0n) is 11.4. The van der Waals surface area contributed by atoms with Crippen LogP contribution in [0, 0.1) is 0 Å². The van der Waals surface area contributed by atoms with Gasteiger partial charge in [-0.15, -0.1) is 0 Å². The van der Waals surface area contributed by atoms with Gasteiger partial charge in [-0.25, -0.2) is 4.79 Å². The van der Waals surface area contributed by atoms with Crippen LogP contribution in [0.25, 0.3) is 0 Å². The van der Waals surface area contributed by atoms with E-state index in [1.807, 2.05) is 24.3 Å². The normalized spacial score (nSPS) is 20.8. The maximum atomic E-state index is 12.5. The molecule has 1 aromatic rings. The zero-order chi connectivity index (χ0) is 14.2. The first-order valence-electron chi connectivity index (χ1n) is 7.07. The number of amides is 3. The van der Waals surface area contributed by atoms with Gasteiger partial charge in [0, 0.05) is 6.54 Å². The average Bonchev–Trinajstić information content (AvgIpc) is 3.01. The Morgan fingerprint density at radius 3 is 2.30 bits per heavy atom. The summed E-state index contributed by atoms with van der Waals surface area (Å²) in [6.07, 6.45) is 3.54. The van der Waals surface area contributed by atoms with Crippen LogP contribution < -0.4 is 11.1 Å². The number of nitrogens with zero attached hydrogens (tertiary/aromatic N) is 1. The summed E-state index contributed by atoms with van der Waals surface area (Å²) in [5, 5.41) is 2.89. The molecule has 5 heteroatoms. The number of hydrogen-bond donors (Lipinski definition) is 2. The summed E-state index contributed by atoms with van der Waals surface area (Å²) in [5.41, 5.74) is 6.93. The van der Waals surface area contributed by atoms with Crippen molar-refractivity contribution in [2.75, 3.05) is 0 Å². The maximum absolute atomic E-state index is 12.5. The van der Waals surface area contributed by atoms with Gasteiger partial charge in [0.05, 0.1) is 6.54 Å². The molecule has 3 N–H and O–H groups in total. The zero-order valence-corrected chi connectivity index (χ0v) is 11.4. The number of nitrogens with one attached hydrogen (secondary N) is 1. The summed E-state index contributed by atoms with van der Waals surface area (Å²) in [7, 11) is 0. The lowest BCUT2D eigenvalue weighted by Gasteiger charge is -2.20. The van der Waals surface area contributed by atoms with E-state index in [1.165, 1.54) is 4.90 Å². The van der Waals surface area contributed by atoms with Crippen LogP contribution in [0.4, 0.5) is 4.79 Å². The second-order valence-electron chi connectivity index (χ2n) is 5.63. The van der Waals surface area contributed by atoms with Gasteiger partial charge in [-0.1, -0.05) is 37.1 Å². The van der Waals surface area contributed by atoms with E-state index in [1.54, 1.807) is 0 Å². The van der Waals surface area contributed by atoms with Crippen LogP contribution in [0.2, 0.25) is 0 Å². The van der Waals surface area contributed by atoms with Crippen LogP contribution >= 0.6 is 0 Å². The Kier molecular flexibility index (Phi) is 3.22. The first-order valence-corrected chi connectivity index (χ1v) is 7.07. The molecule has 5 nitrogen and oxygen atoms in total. The number of urea groups is 1. The molecule has 0 aromatic heterocycles. The minimum Gasteiger partial charge on any atom is -0.326 e. The minimum atomic E-state index is -0.617. The summed E-state index contributed by atoms with van der Waals surface area (Å²) in [5.74, 6) is -0.0668. The molecule has 2 aliphatic rings. The Morgan fingerprint density at radius 1 is 1.10 bits per heavy atom. The first kappa shape index (κ1) is 13.1. The van der Waals surface area contributed by atoms with Gasteiger partial charge in [0.1, 0.15) is 5.54 Å². The standard InChI is InChI=1S/C15H19N3O2/c16-9-11-3-5-12(6-4-11)10-18-13(19)15(17-14(18)20)7-1-2-8-15/h3-6H,1-2,7-10,16H2,(H,17,20). The molecule has 1 aromatic carbocycles. The average molecular weight is 273 g/mol. The van der Waals surface area contributed by atoms with Crippen molar-refractivity contribution in [1.82, 2.24) is 10.2 Å². The molecule has 0 radical (unpaired) electrons. The van der Waals surface area contributed by atoms with Crippen LogP contribution in [-0.2, 0) is 17.9 Å². The summed E-state index contributed by atoms with van der Waals surface area (Å²) in [6, 6.07) is 7.43. The van der Waals surface area contributed by atoms with Crippen LogP contribution in [0.1, 0.15) is 36.8 Å². The predicted molar refractivity (Wildman–Crippen MR) is 74.6 cm³/mol. The Balaban J connectivity index is 1.76. The third-order valence-electron chi connectivity index (χ3n) is 4.30. The molecule has 1 aliphatic carbocycles. The van der Waals surface area contributed by atoms with Crippen LogP contribution in [0.5, 0.6) is 0 Å². The Bertz CT molecular complexity index is 533. The number of hydrogen-bond acceptors (Lipinski definition) is 3. The first-order chi connectivity index (χ1) is 9.64. The third kappa shape index (κ3) is 2.08. The Hall–Kier alpha value is -1.88. The summed E-state index contributed by atoms with van der Waals surface area (Å²) in [6.45, 7) is 0.823. The van der Waals surface area contributed by atoms with E-state index in [9.17, 15) is 9.59 Å². The number of benzene rings is 1. The van der Waals surface area contributed by atoms with Gasteiger partial charge >= 0.3 is 6.03 Å². The third-order valence-corrected chi connectivity index (χ3v) is 4.30. The highest BCUT2D eigenvalue weighted by atomic mass is 16.2. The molecular weight excluding hydrogens is 254 g/mol. The Morgan fingerprint density at radius 2 is 1.70 bits per heavy atom. The largest absolute Gasteiger partial charge is 0.326 e. The number of nitrogens with two attached hydrogens (primary N) is 1. The van der Waals surface area contributed by atoms with E-state index in [-0.39, 0.29) is 11.9 Å². The Labute approximate surface area is 118 Å². The van der Waals surface area contributed by atoms with Crippen molar-refractivity contribution in [3.8, 4) is 0 Å². The number of rotatable bonds is 3. The van der Waals surface area contributed by atoms with E-state index in [2.05, 4.69) is 5.32 Å². The molecule has 20 heavy (non-hydrogen) atoms. The number of imide groups is 1. The SMILES string of the molecule is NCc1ccc(CN2C(=O)NC3(CCCC3)C2=O)cc1. The van der Waals surface area contributed by atoms with Crippen molar-refractivity contribution in [3.05, 3.63) is 35.4 Å². The molecular formula is C15H19N3O2. The fourth-order valence-corrected chi connectivity index (χ4v) is 3.10. The molecule has 1 saturated carbocycles.